The molecule has 1 aliphatic heterocycles. The molecule has 1 saturated heterocycles. The van der Waals surface area contributed by atoms with Crippen LogP contribution in [-0.4, -0.2) is 53.7 Å². The summed E-state index contributed by atoms with van der Waals surface area (Å²) in [6.45, 7) is 4.18. The summed E-state index contributed by atoms with van der Waals surface area (Å²) < 4.78 is 0. The number of carboxylic acids is 1. The van der Waals surface area contributed by atoms with Crippen LogP contribution in [0.3, 0.4) is 0 Å². The number of rotatable bonds is 5. The number of aliphatic carboxylic acids is 1. The minimum absolute atomic E-state index is 0.114. The Morgan fingerprint density at radius 1 is 1.33 bits per heavy atom. The first-order valence-corrected chi connectivity index (χ1v) is 8.63. The van der Waals surface area contributed by atoms with E-state index < -0.39 is 5.97 Å². The zero-order valence-electron chi connectivity index (χ0n) is 14.4. The Kier molecular flexibility index (Phi) is 5.00. The second-order valence-corrected chi connectivity index (χ2v) is 6.56. The molecule has 0 unspecified atom stereocenters. The van der Waals surface area contributed by atoms with Crippen molar-refractivity contribution >= 4 is 22.6 Å². The van der Waals surface area contributed by atoms with E-state index >= 15 is 0 Å². The summed E-state index contributed by atoms with van der Waals surface area (Å²) in [5.41, 5.74) is 3.61. The standard InChI is InChI=1S/C19H25N3O2/c1-3-14-4-5-17-16(12-14)18(6-9-20-17)22-10-7-15(8-11-22)21(2)13-19(23)24/h4-6,9,12,15H,3,7-8,10-11,13H2,1-2H3,(H,23,24). The number of carboxylic acid groups (broad SMARTS) is 1. The molecule has 0 aliphatic carbocycles. The van der Waals surface area contributed by atoms with Gasteiger partial charge in [-0.15, -0.1) is 0 Å². The van der Waals surface area contributed by atoms with Crippen LogP contribution in [0.1, 0.15) is 25.3 Å². The van der Waals surface area contributed by atoms with Crippen LogP contribution in [0.5, 0.6) is 0 Å². The Bertz CT molecular complexity index is 724. The highest BCUT2D eigenvalue weighted by atomic mass is 16.4. The molecule has 0 spiro atoms. The molecule has 128 valence electrons. The van der Waals surface area contributed by atoms with Gasteiger partial charge in [-0.25, -0.2) is 0 Å². The van der Waals surface area contributed by atoms with Crippen molar-refractivity contribution in [1.82, 2.24) is 9.88 Å². The lowest BCUT2D eigenvalue weighted by Gasteiger charge is -2.37. The third-order valence-corrected chi connectivity index (χ3v) is 5.00. The van der Waals surface area contributed by atoms with E-state index in [0.29, 0.717) is 6.04 Å². The number of carbonyl (C=O) groups is 1. The van der Waals surface area contributed by atoms with Crippen LogP contribution in [0, 0.1) is 0 Å². The number of hydrogen-bond donors (Lipinski definition) is 1. The minimum Gasteiger partial charge on any atom is -0.480 e. The Morgan fingerprint density at radius 3 is 2.75 bits per heavy atom. The topological polar surface area (TPSA) is 56.7 Å². The van der Waals surface area contributed by atoms with Crippen LogP contribution in [0.4, 0.5) is 5.69 Å². The van der Waals surface area contributed by atoms with E-state index in [1.54, 1.807) is 0 Å². The number of fused-ring (bicyclic) bond motifs is 1. The molecule has 1 N–H and O–H groups in total. The van der Waals surface area contributed by atoms with E-state index in [1.807, 2.05) is 18.1 Å². The quantitative estimate of drug-likeness (QED) is 0.915. The molecule has 24 heavy (non-hydrogen) atoms. The van der Waals surface area contributed by atoms with Gasteiger partial charge in [-0.3, -0.25) is 14.7 Å². The SMILES string of the molecule is CCc1ccc2nccc(N3CCC(N(C)CC(=O)O)CC3)c2c1. The summed E-state index contributed by atoms with van der Waals surface area (Å²) in [7, 11) is 1.91. The molecule has 5 nitrogen and oxygen atoms in total. The van der Waals surface area contributed by atoms with Gasteiger partial charge in [0.05, 0.1) is 12.1 Å². The van der Waals surface area contributed by atoms with E-state index in [0.717, 1.165) is 37.9 Å². The van der Waals surface area contributed by atoms with Gasteiger partial charge in [0.15, 0.2) is 0 Å². The summed E-state index contributed by atoms with van der Waals surface area (Å²) in [6.07, 6.45) is 4.88. The van der Waals surface area contributed by atoms with Gasteiger partial charge >= 0.3 is 5.97 Å². The van der Waals surface area contributed by atoms with E-state index in [1.165, 1.54) is 16.6 Å². The maximum Gasteiger partial charge on any atom is 0.317 e. The van der Waals surface area contributed by atoms with Gasteiger partial charge in [-0.1, -0.05) is 13.0 Å². The van der Waals surface area contributed by atoms with Gasteiger partial charge in [0, 0.05) is 36.4 Å². The van der Waals surface area contributed by atoms with E-state index in [2.05, 4.69) is 41.1 Å². The molecule has 2 heterocycles. The molecular formula is C19H25N3O2. The van der Waals surface area contributed by atoms with Crippen molar-refractivity contribution in [1.29, 1.82) is 0 Å². The summed E-state index contributed by atoms with van der Waals surface area (Å²) >= 11 is 0. The van der Waals surface area contributed by atoms with Gasteiger partial charge in [0.2, 0.25) is 0 Å². The molecule has 0 radical (unpaired) electrons. The lowest BCUT2D eigenvalue weighted by atomic mass is 10.0. The molecule has 3 rings (SSSR count). The Labute approximate surface area is 142 Å². The molecule has 5 heteroatoms. The smallest absolute Gasteiger partial charge is 0.317 e. The summed E-state index contributed by atoms with van der Waals surface area (Å²) in [6, 6.07) is 8.94. The number of pyridine rings is 1. The van der Waals surface area contributed by atoms with E-state index in [-0.39, 0.29) is 6.54 Å². The van der Waals surface area contributed by atoms with Crippen molar-refractivity contribution in [2.75, 3.05) is 31.6 Å². The first-order valence-electron chi connectivity index (χ1n) is 8.63. The molecular weight excluding hydrogens is 302 g/mol. The number of anilines is 1. The summed E-state index contributed by atoms with van der Waals surface area (Å²) in [5, 5.41) is 10.2. The zero-order valence-corrected chi connectivity index (χ0v) is 14.4. The third-order valence-electron chi connectivity index (χ3n) is 5.00. The highest BCUT2D eigenvalue weighted by Crippen LogP contribution is 2.29. The number of hydrogen-bond acceptors (Lipinski definition) is 4. The molecule has 0 atom stereocenters. The van der Waals surface area contributed by atoms with Gasteiger partial charge in [0.25, 0.3) is 0 Å². The number of nitrogens with zero attached hydrogens (tertiary/aromatic N) is 3. The number of likely N-dealkylation sites (N-methyl/N-ethyl adjacent to an activating group) is 1. The molecule has 1 fully saturated rings. The summed E-state index contributed by atoms with van der Waals surface area (Å²) in [4.78, 5) is 19.7. The molecule has 1 aromatic heterocycles. The molecule has 1 aromatic carbocycles. The Hall–Kier alpha value is -2.14. The van der Waals surface area contributed by atoms with Crippen LogP contribution in [0.25, 0.3) is 10.9 Å². The first kappa shape index (κ1) is 16.7. The second-order valence-electron chi connectivity index (χ2n) is 6.56. The number of piperidine rings is 1. The number of aromatic nitrogens is 1. The fourth-order valence-corrected chi connectivity index (χ4v) is 3.56. The van der Waals surface area contributed by atoms with Crippen molar-refractivity contribution in [2.24, 2.45) is 0 Å². The van der Waals surface area contributed by atoms with Gasteiger partial charge in [-0.2, -0.15) is 0 Å². The normalized spacial score (nSPS) is 16.0. The zero-order chi connectivity index (χ0) is 17.1. The van der Waals surface area contributed by atoms with Crippen LogP contribution >= 0.6 is 0 Å². The lowest BCUT2D eigenvalue weighted by Crippen LogP contribution is -2.45. The van der Waals surface area contributed by atoms with Crippen LogP contribution in [0.2, 0.25) is 0 Å². The average Bonchev–Trinajstić information content (AvgIpc) is 2.60. The lowest BCUT2D eigenvalue weighted by molar-refractivity contribution is -0.138. The van der Waals surface area contributed by atoms with Gasteiger partial charge in [0.1, 0.15) is 0 Å². The highest BCUT2D eigenvalue weighted by molar-refractivity contribution is 5.92. The van der Waals surface area contributed by atoms with Crippen molar-refractivity contribution in [3.8, 4) is 0 Å². The van der Waals surface area contributed by atoms with Crippen molar-refractivity contribution in [3.63, 3.8) is 0 Å². The number of aryl methyl sites for hydroxylation is 1. The molecule has 1 aliphatic rings. The highest BCUT2D eigenvalue weighted by Gasteiger charge is 2.24. The predicted molar refractivity (Wildman–Crippen MR) is 96.6 cm³/mol. The molecule has 0 saturated carbocycles. The fraction of sp³-hybridized carbons (Fsp3) is 0.474. The monoisotopic (exact) mass is 327 g/mol. The number of benzene rings is 1. The fourth-order valence-electron chi connectivity index (χ4n) is 3.56. The maximum atomic E-state index is 10.9. The van der Waals surface area contributed by atoms with Gasteiger partial charge < -0.3 is 10.0 Å². The Balaban J connectivity index is 1.77. The molecule has 2 aromatic rings. The van der Waals surface area contributed by atoms with E-state index in [4.69, 9.17) is 5.11 Å². The first-order chi connectivity index (χ1) is 11.6. The van der Waals surface area contributed by atoms with Crippen LogP contribution in [-0.2, 0) is 11.2 Å². The maximum absolute atomic E-state index is 10.9. The van der Waals surface area contributed by atoms with Crippen molar-refractivity contribution in [2.45, 2.75) is 32.2 Å². The summed E-state index contributed by atoms with van der Waals surface area (Å²) in [5.74, 6) is -0.757. The molecule has 0 bridgehead atoms. The van der Waals surface area contributed by atoms with Gasteiger partial charge in [-0.05, 0) is 50.1 Å². The Morgan fingerprint density at radius 2 is 2.08 bits per heavy atom. The minimum atomic E-state index is -0.757. The second kappa shape index (κ2) is 7.18. The average molecular weight is 327 g/mol. The van der Waals surface area contributed by atoms with E-state index in [9.17, 15) is 4.79 Å². The largest absolute Gasteiger partial charge is 0.480 e. The molecule has 0 amide bonds. The van der Waals surface area contributed by atoms with Crippen LogP contribution < -0.4 is 4.90 Å². The van der Waals surface area contributed by atoms with Crippen molar-refractivity contribution in [3.05, 3.63) is 36.0 Å². The third kappa shape index (κ3) is 3.51. The van der Waals surface area contributed by atoms with Crippen LogP contribution in [0.15, 0.2) is 30.5 Å². The van der Waals surface area contributed by atoms with Crippen molar-refractivity contribution < 1.29 is 9.90 Å². The predicted octanol–water partition coefficient (Wildman–Crippen LogP) is 2.78.